The molecule has 1 aliphatic rings. The second-order valence-electron chi connectivity index (χ2n) is 6.62. The minimum atomic E-state index is -4.70. The highest BCUT2D eigenvalue weighted by molar-refractivity contribution is 5.95. The van der Waals surface area contributed by atoms with E-state index in [1.165, 1.54) is 0 Å². The Morgan fingerprint density at radius 1 is 1.30 bits per heavy atom. The first-order valence-corrected chi connectivity index (χ1v) is 8.54. The van der Waals surface area contributed by atoms with Crippen LogP contribution in [0, 0.1) is 6.92 Å². The summed E-state index contributed by atoms with van der Waals surface area (Å²) in [4.78, 5) is 12.5. The summed E-state index contributed by atoms with van der Waals surface area (Å²) in [5.41, 5.74) is -0.341. The van der Waals surface area contributed by atoms with Crippen molar-refractivity contribution < 1.29 is 18.0 Å². The van der Waals surface area contributed by atoms with E-state index in [9.17, 15) is 18.0 Å². The Labute approximate surface area is 161 Å². The van der Waals surface area contributed by atoms with E-state index in [0.717, 1.165) is 35.8 Å². The normalized spacial score (nSPS) is 20.0. The van der Waals surface area contributed by atoms with Gasteiger partial charge in [-0.25, -0.2) is 4.68 Å². The number of hydrogen-bond donors (Lipinski definition) is 2. The van der Waals surface area contributed by atoms with E-state index < -0.39 is 23.3 Å². The Balaban J connectivity index is 0.00000261. The zero-order valence-corrected chi connectivity index (χ0v) is 15.8. The molecule has 1 amide bonds. The lowest BCUT2D eigenvalue weighted by atomic mass is 9.99. The number of piperidine rings is 1. The fraction of sp³-hybridized carbons (Fsp3) is 0.444. The molecule has 0 aliphatic carbocycles. The number of aromatic nitrogens is 2. The van der Waals surface area contributed by atoms with Crippen molar-refractivity contribution in [3.05, 3.63) is 47.3 Å². The zero-order valence-electron chi connectivity index (χ0n) is 15.0. The number of nitrogens with zero attached hydrogens (tertiary/aromatic N) is 2. The standard InChI is InChI=1S/C18H21F3N4O.ClH/c1-11-5-7-13(8-6-11)25-16(18(19,20)21)14(10-23-25)17(26)24-15-4-3-9-22-12(15)2;/h5-8,10,12,15,22H,3-4,9H2,1-2H3,(H,24,26);1H. The summed E-state index contributed by atoms with van der Waals surface area (Å²) in [6.07, 6.45) is -2.12. The molecule has 9 heteroatoms. The maximum Gasteiger partial charge on any atom is 0.434 e. The first-order valence-electron chi connectivity index (χ1n) is 8.54. The van der Waals surface area contributed by atoms with Crippen molar-refractivity contribution in [2.45, 2.75) is 44.9 Å². The van der Waals surface area contributed by atoms with Gasteiger partial charge in [0.15, 0.2) is 5.69 Å². The maximum atomic E-state index is 13.7. The Morgan fingerprint density at radius 2 is 1.96 bits per heavy atom. The van der Waals surface area contributed by atoms with Crippen LogP contribution in [-0.4, -0.2) is 34.3 Å². The maximum absolute atomic E-state index is 13.7. The van der Waals surface area contributed by atoms with Crippen LogP contribution in [0.5, 0.6) is 0 Å². The van der Waals surface area contributed by atoms with Gasteiger partial charge >= 0.3 is 6.18 Å². The predicted octanol–water partition coefficient (Wildman–Crippen LogP) is 3.49. The van der Waals surface area contributed by atoms with Gasteiger partial charge < -0.3 is 10.6 Å². The third kappa shape index (κ3) is 4.62. The van der Waals surface area contributed by atoms with Crippen LogP contribution in [0.4, 0.5) is 13.2 Å². The van der Waals surface area contributed by atoms with Gasteiger partial charge in [0.05, 0.1) is 17.4 Å². The lowest BCUT2D eigenvalue weighted by Crippen LogP contribution is -2.52. The van der Waals surface area contributed by atoms with Gasteiger partial charge in [0.25, 0.3) is 5.91 Å². The van der Waals surface area contributed by atoms with Gasteiger partial charge in [-0.1, -0.05) is 17.7 Å². The quantitative estimate of drug-likeness (QED) is 0.826. The molecule has 2 atom stereocenters. The van der Waals surface area contributed by atoms with Gasteiger partial charge in [-0.3, -0.25) is 4.79 Å². The Bertz CT molecular complexity index is 789. The van der Waals surface area contributed by atoms with Crippen molar-refractivity contribution >= 4 is 18.3 Å². The fourth-order valence-corrected chi connectivity index (χ4v) is 3.16. The smallest absolute Gasteiger partial charge is 0.348 e. The average molecular weight is 403 g/mol. The third-order valence-corrected chi connectivity index (χ3v) is 4.64. The molecule has 1 saturated heterocycles. The Morgan fingerprint density at radius 3 is 2.56 bits per heavy atom. The number of halogens is 4. The van der Waals surface area contributed by atoms with E-state index in [1.54, 1.807) is 24.3 Å². The Hall–Kier alpha value is -2.06. The number of benzene rings is 1. The third-order valence-electron chi connectivity index (χ3n) is 4.64. The molecule has 1 aliphatic heterocycles. The molecule has 1 aromatic heterocycles. The largest absolute Gasteiger partial charge is 0.434 e. The second kappa shape index (κ2) is 8.31. The fourth-order valence-electron chi connectivity index (χ4n) is 3.16. The summed E-state index contributed by atoms with van der Waals surface area (Å²) >= 11 is 0. The van der Waals surface area contributed by atoms with Crippen LogP contribution in [0.15, 0.2) is 30.5 Å². The molecule has 2 unspecified atom stereocenters. The highest BCUT2D eigenvalue weighted by atomic mass is 35.5. The molecule has 148 valence electrons. The van der Waals surface area contributed by atoms with Crippen molar-refractivity contribution in [2.24, 2.45) is 0 Å². The van der Waals surface area contributed by atoms with E-state index >= 15 is 0 Å². The van der Waals surface area contributed by atoms with Crippen LogP contribution >= 0.6 is 12.4 Å². The minimum Gasteiger partial charge on any atom is -0.348 e. The lowest BCUT2D eigenvalue weighted by molar-refractivity contribution is -0.143. The van der Waals surface area contributed by atoms with Crippen molar-refractivity contribution in [3.63, 3.8) is 0 Å². The molecule has 0 radical (unpaired) electrons. The number of nitrogens with one attached hydrogen (secondary N) is 2. The SMILES string of the molecule is Cc1ccc(-n2ncc(C(=O)NC3CCCNC3C)c2C(F)(F)F)cc1.Cl. The topological polar surface area (TPSA) is 59.0 Å². The summed E-state index contributed by atoms with van der Waals surface area (Å²) in [5, 5.41) is 9.76. The molecule has 0 saturated carbocycles. The van der Waals surface area contributed by atoms with Gasteiger partial charge in [-0.05, 0) is 45.4 Å². The molecule has 0 bridgehead atoms. The molecular weight excluding hydrogens is 381 g/mol. The summed E-state index contributed by atoms with van der Waals surface area (Å²) in [7, 11) is 0. The number of rotatable bonds is 3. The summed E-state index contributed by atoms with van der Waals surface area (Å²) < 4.78 is 41.8. The Kier molecular flexibility index (Phi) is 6.54. The molecule has 1 aromatic carbocycles. The van der Waals surface area contributed by atoms with Crippen molar-refractivity contribution in [2.75, 3.05) is 6.54 Å². The number of carbonyl (C=O) groups excluding carboxylic acids is 1. The summed E-state index contributed by atoms with van der Waals surface area (Å²) in [5.74, 6) is -0.753. The first-order chi connectivity index (χ1) is 12.3. The van der Waals surface area contributed by atoms with Gasteiger partial charge in [-0.2, -0.15) is 18.3 Å². The highest BCUT2D eigenvalue weighted by Gasteiger charge is 2.41. The number of alkyl halides is 3. The first kappa shape index (κ1) is 21.2. The van der Waals surface area contributed by atoms with Crippen molar-refractivity contribution in [1.82, 2.24) is 20.4 Å². The van der Waals surface area contributed by atoms with E-state index in [1.807, 2.05) is 13.8 Å². The van der Waals surface area contributed by atoms with Gasteiger partial charge in [-0.15, -0.1) is 12.4 Å². The van der Waals surface area contributed by atoms with Crippen molar-refractivity contribution in [1.29, 1.82) is 0 Å². The number of carbonyl (C=O) groups is 1. The van der Waals surface area contributed by atoms with Crippen LogP contribution in [0.2, 0.25) is 0 Å². The average Bonchev–Trinajstić information content (AvgIpc) is 3.03. The van der Waals surface area contributed by atoms with Gasteiger partial charge in [0, 0.05) is 12.1 Å². The number of hydrogen-bond acceptors (Lipinski definition) is 3. The molecule has 1 fully saturated rings. The number of aryl methyl sites for hydroxylation is 1. The molecule has 27 heavy (non-hydrogen) atoms. The molecule has 3 rings (SSSR count). The summed E-state index contributed by atoms with van der Waals surface area (Å²) in [6.45, 7) is 4.59. The van der Waals surface area contributed by atoms with Crippen LogP contribution in [0.3, 0.4) is 0 Å². The predicted molar refractivity (Wildman–Crippen MR) is 98.5 cm³/mol. The van der Waals surface area contributed by atoms with E-state index in [-0.39, 0.29) is 30.2 Å². The van der Waals surface area contributed by atoms with E-state index in [4.69, 9.17) is 0 Å². The van der Waals surface area contributed by atoms with Crippen LogP contribution in [0.25, 0.3) is 5.69 Å². The van der Waals surface area contributed by atoms with Crippen LogP contribution in [0.1, 0.15) is 41.4 Å². The van der Waals surface area contributed by atoms with Crippen molar-refractivity contribution in [3.8, 4) is 5.69 Å². The molecule has 2 heterocycles. The van der Waals surface area contributed by atoms with Crippen LogP contribution < -0.4 is 10.6 Å². The second-order valence-corrected chi connectivity index (χ2v) is 6.62. The van der Waals surface area contributed by atoms with Gasteiger partial charge in [0.2, 0.25) is 0 Å². The minimum absolute atomic E-state index is 0. The molecule has 5 nitrogen and oxygen atoms in total. The lowest BCUT2D eigenvalue weighted by Gasteiger charge is -2.30. The molecule has 0 spiro atoms. The highest BCUT2D eigenvalue weighted by Crippen LogP contribution is 2.33. The van der Waals surface area contributed by atoms with Gasteiger partial charge in [0.1, 0.15) is 0 Å². The molecule has 2 aromatic rings. The monoisotopic (exact) mass is 402 g/mol. The van der Waals surface area contributed by atoms with Crippen LogP contribution in [-0.2, 0) is 6.18 Å². The number of amides is 1. The zero-order chi connectivity index (χ0) is 18.9. The van der Waals surface area contributed by atoms with E-state index in [2.05, 4.69) is 15.7 Å². The molecular formula is C18H22ClF3N4O. The summed E-state index contributed by atoms with van der Waals surface area (Å²) in [6, 6.07) is 6.30. The molecule has 2 N–H and O–H groups in total. The van der Waals surface area contributed by atoms with E-state index in [0.29, 0.717) is 0 Å².